The fourth-order valence-electron chi connectivity index (χ4n) is 15.2. The molecule has 3 aliphatic heterocycles. The van der Waals surface area contributed by atoms with Crippen LogP contribution in [0.2, 0.25) is 15.1 Å². The van der Waals surface area contributed by atoms with E-state index < -0.39 is 55.1 Å². The smallest absolute Gasteiger partial charge is 0.524 e. The predicted octanol–water partition coefficient (Wildman–Crippen LogP) is 20.3. The number of hydrogen-bond acceptors (Lipinski definition) is 16. The summed E-state index contributed by atoms with van der Waals surface area (Å²) in [6.07, 6.45) is 15.6. The van der Waals surface area contributed by atoms with E-state index in [-0.39, 0.29) is 71.8 Å². The van der Waals surface area contributed by atoms with Gasteiger partial charge in [0.2, 0.25) is 0 Å². The summed E-state index contributed by atoms with van der Waals surface area (Å²) in [6, 6.07) is 87.0. The topological polar surface area (TPSA) is 254 Å². The maximum Gasteiger partial charge on any atom is 0.658 e. The van der Waals surface area contributed by atoms with E-state index in [9.17, 15) is 27.2 Å². The SMILES string of the molecule is C.C.CC(C)(C)[SiH-](P)(Cl)c1ccccc1.CC(C)(C)[Si](OCCC/C=C/B(O)O)(c1ccccc1)c1ccccc1.CCCCCO.CCCCCO[Si](c1ccccc1)(c1ccccc1)C(C)(C)C.CN1C(=O)C(c2ccc(OC(F)F)cc2)(c2cccc(/C=C/CCCO)c2)N=C1N.CN1C(=O)C(c2ccc(OC(F)F)cc2)(c2cccc(Br)c2)N=C1N.[B]1Oc2ccccc2O1. The molecule has 30 heteroatoms. The Bertz CT molecular complexity index is 5160. The number of nitrogens with two attached hydrogens (primary N) is 2. The second kappa shape index (κ2) is 55.4. The minimum Gasteiger partial charge on any atom is -0.524 e. The third-order valence-electron chi connectivity index (χ3n) is 22.4. The fourth-order valence-corrected chi connectivity index (χ4v) is 27.7. The van der Waals surface area contributed by atoms with Gasteiger partial charge in [0.25, 0.3) is 28.4 Å². The number of aliphatic hydroxyl groups excluding tert-OH is 2. The average Bonchev–Trinajstić information content (AvgIpc) is 1.52. The van der Waals surface area contributed by atoms with Gasteiger partial charge in [-0.1, -0.05) is 324 Å². The molecule has 3 heterocycles. The van der Waals surface area contributed by atoms with Crippen LogP contribution in [-0.2, 0) is 29.5 Å². The van der Waals surface area contributed by atoms with Gasteiger partial charge in [-0.2, -0.15) is 17.6 Å². The van der Waals surface area contributed by atoms with Crippen molar-refractivity contribution < 1.29 is 75.0 Å². The number of carbonyl (C=O) groups excluding carboxylic acids is 2. The van der Waals surface area contributed by atoms with Gasteiger partial charge in [-0.05, 0) is 152 Å². The summed E-state index contributed by atoms with van der Waals surface area (Å²) in [5.74, 6) is 2.43. The average molecular weight is 1990 g/mol. The van der Waals surface area contributed by atoms with Crippen LogP contribution in [-0.4, -0.2) is 146 Å². The van der Waals surface area contributed by atoms with E-state index >= 15 is 0 Å². The minimum absolute atomic E-state index is 0. The van der Waals surface area contributed by atoms with E-state index in [1.165, 1.54) is 131 Å². The van der Waals surface area contributed by atoms with Gasteiger partial charge in [0.1, 0.15) is 23.0 Å². The van der Waals surface area contributed by atoms with Crippen LogP contribution in [0.3, 0.4) is 0 Å². The Morgan fingerprint density at radius 1 is 0.507 bits per heavy atom. The largest absolute Gasteiger partial charge is 0.658 e. The number of para-hydroxylation sites is 2. The number of aliphatic imine (C=N–C) groups is 2. The van der Waals surface area contributed by atoms with Crippen LogP contribution in [0.4, 0.5) is 17.6 Å². The van der Waals surface area contributed by atoms with E-state index in [0.29, 0.717) is 41.9 Å². The molecule has 10 aromatic rings. The standard InChI is InChI=1S/C22H23F2N3O3.C21H29BO3Si.C21H30OSi.C17H14BrF2N3O2.C10H17ClPSi.C6H4BO2.C5H12O.2CH4/c1-27-19(29)22(26-21(27)25,16-9-11-18(12-10-16)30-20(23)24)17-8-5-7-15(14-17)6-3-2-4-13-28;1-21(2,3)26(19-13-7-4-8-14-19,20-15-9-5-10-16-20)25-18-12-6-11-17-22(23)24;1-5-6-13-18-22-23(21(2,3)4,19-14-9-7-10-15-19)20-16-11-8-12-17-20;1-23-14(24)17(22-16(23)21,11-3-2-4-12(18)9-11)10-5-7-13(8-6-10)25-15(19)20;1-10(2,3)13(11,12)9-7-5-4-6-8-9;1-2-4-6-5(3-1)8-7-9-6;1-2-3-4-5-6;;/h3,5-12,14,20,28H,2,4,13H2,1H3,(H2,25,26);4-5,7-11,13-17,23-24H,6,12,18H2,1-3H3;7-12,14-17H,5-6,13,18H2,1-4H3;2-9,15H,1H3,(H2,21,22);4-8,13H,12H2,1-3H3;1-4H;6H,2-5H2,1H3;2*1H4/q;;;;-1;;;;/b6-3+;17-11+;;;;;;;. The summed E-state index contributed by atoms with van der Waals surface area (Å²) in [7, 11) is -1.02. The number of amides is 2. The van der Waals surface area contributed by atoms with Crippen molar-refractivity contribution in [1.29, 1.82) is 0 Å². The third-order valence-corrected chi connectivity index (χ3v) is 43.7. The molecule has 8 N–H and O–H groups in total. The van der Waals surface area contributed by atoms with E-state index in [2.05, 4.69) is 254 Å². The number of ether oxygens (including phenoxy) is 2. The molecular formula is C104H137B2BrClF4N6O12PSi3-. The van der Waals surface area contributed by atoms with Crippen molar-refractivity contribution >= 4 is 130 Å². The number of aliphatic hydroxyl groups is 2. The number of rotatable bonds is 31. The number of guanidine groups is 2. The maximum absolute atomic E-state index is 13.2. The third kappa shape index (κ3) is 31.1. The Kier molecular flexibility index (Phi) is 47.5. The first-order valence-electron chi connectivity index (χ1n) is 44.4. The van der Waals surface area contributed by atoms with Crippen molar-refractivity contribution in [2.75, 3.05) is 40.5 Å². The number of halogens is 6. The number of unbranched alkanes of at least 4 members (excludes halogenated alkanes) is 6. The maximum atomic E-state index is 13.2. The molecular weight excluding hydrogens is 1850 g/mol. The second-order valence-corrected chi connectivity index (χ2v) is 54.7. The van der Waals surface area contributed by atoms with Gasteiger partial charge >= 0.3 is 116 Å². The molecule has 0 aliphatic carbocycles. The van der Waals surface area contributed by atoms with Crippen molar-refractivity contribution in [2.45, 2.75) is 195 Å². The summed E-state index contributed by atoms with van der Waals surface area (Å²) in [5.41, 5.74) is 12.1. The molecule has 0 spiro atoms. The number of hydrogen-bond donors (Lipinski definition) is 6. The first-order chi connectivity index (χ1) is 62.9. The van der Waals surface area contributed by atoms with Crippen molar-refractivity contribution in [3.8, 4) is 23.0 Å². The first kappa shape index (κ1) is 115. The van der Waals surface area contributed by atoms with Crippen LogP contribution in [0.1, 0.15) is 183 Å². The van der Waals surface area contributed by atoms with Gasteiger partial charge in [0, 0.05) is 45.0 Å². The Balaban J connectivity index is 0.000000287. The van der Waals surface area contributed by atoms with Gasteiger partial charge < -0.3 is 59.4 Å². The van der Waals surface area contributed by atoms with Crippen molar-refractivity contribution in [3.63, 3.8) is 0 Å². The quantitative estimate of drug-likeness (QED) is 0.00777. The predicted molar refractivity (Wildman–Crippen MR) is 560 cm³/mol. The summed E-state index contributed by atoms with van der Waals surface area (Å²) in [6.45, 7) is 20.9. The van der Waals surface area contributed by atoms with Crippen LogP contribution in [0.25, 0.3) is 6.08 Å². The molecule has 2 amide bonds. The Morgan fingerprint density at radius 3 is 1.22 bits per heavy atom. The van der Waals surface area contributed by atoms with Crippen LogP contribution in [0, 0.1) is 0 Å². The molecule has 3 atom stereocenters. The zero-order chi connectivity index (χ0) is 96.8. The molecule has 18 nitrogen and oxygen atoms in total. The van der Waals surface area contributed by atoms with Crippen LogP contribution in [0.5, 0.6) is 23.0 Å². The molecule has 0 bridgehead atoms. The van der Waals surface area contributed by atoms with Gasteiger partial charge in [-0.3, -0.25) is 19.4 Å². The van der Waals surface area contributed by atoms with Crippen LogP contribution < -0.4 is 56.2 Å². The van der Waals surface area contributed by atoms with Gasteiger partial charge in [-0.15, -0.1) is 0 Å². The van der Waals surface area contributed by atoms with E-state index in [1.54, 1.807) is 30.3 Å². The van der Waals surface area contributed by atoms with Crippen molar-refractivity contribution in [3.05, 3.63) is 323 Å². The molecule has 0 saturated carbocycles. The number of alkyl halides is 4. The molecule has 3 aliphatic rings. The molecule has 0 fully saturated rings. The Labute approximate surface area is 812 Å². The normalized spacial score (nSPS) is 15.2. The monoisotopic (exact) mass is 1990 g/mol. The molecule has 1 radical (unpaired) electrons. The fraction of sp³-hybridized carbons (Fsp3) is 0.346. The van der Waals surface area contributed by atoms with Gasteiger partial charge in [0.15, 0.2) is 23.0 Å². The Morgan fingerprint density at radius 2 is 0.873 bits per heavy atom. The zero-order valence-corrected chi connectivity index (χ0v) is 84.6. The number of likely N-dealkylation sites (N-methyl/N-ethyl adjacent to an activating group) is 2. The minimum atomic E-state index is -2.94. The Hall–Kier alpha value is -9.78. The summed E-state index contributed by atoms with van der Waals surface area (Å²) >= 11 is 10.1. The molecule has 721 valence electrons. The number of benzene rings is 10. The number of nitrogens with zero attached hydrogens (tertiary/aromatic N) is 4. The van der Waals surface area contributed by atoms with Crippen molar-refractivity contribution in [1.82, 2.24) is 9.80 Å². The second-order valence-electron chi connectivity index (χ2n) is 34.8. The number of allylic oxidation sites excluding steroid dienone is 2. The number of fused-ring (bicyclic) bond motifs is 1. The molecule has 3 unspecified atom stereocenters. The van der Waals surface area contributed by atoms with E-state index in [4.69, 9.17) is 61.0 Å². The summed E-state index contributed by atoms with van der Waals surface area (Å²) < 4.78 is 82.7. The van der Waals surface area contributed by atoms with Gasteiger partial charge in [-0.25, -0.2) is 9.98 Å². The first-order valence-corrected chi connectivity index (χ1v) is 54.6. The molecule has 0 saturated heterocycles. The molecule has 10 aromatic carbocycles. The van der Waals surface area contributed by atoms with Crippen LogP contribution in [0.15, 0.2) is 306 Å². The number of carbonyl (C=O) groups is 2. The summed E-state index contributed by atoms with van der Waals surface area (Å²) in [5, 5.41) is 41.7. The van der Waals surface area contributed by atoms with E-state index in [1.807, 2.05) is 78.9 Å². The summed E-state index contributed by atoms with van der Waals surface area (Å²) in [4.78, 5) is 37.7. The molecule has 134 heavy (non-hydrogen) atoms. The molecule has 0 aromatic heterocycles. The van der Waals surface area contributed by atoms with E-state index in [0.717, 1.165) is 66.7 Å². The molecule has 13 rings (SSSR count). The van der Waals surface area contributed by atoms with Crippen molar-refractivity contribution in [2.24, 2.45) is 21.5 Å². The zero-order valence-electron chi connectivity index (χ0n) is 77.9. The van der Waals surface area contributed by atoms with Crippen LogP contribution >= 0.6 is 35.8 Å². The van der Waals surface area contributed by atoms with Gasteiger partial charge in [0.05, 0.1) is 0 Å².